The van der Waals surface area contributed by atoms with E-state index in [-0.39, 0.29) is 5.91 Å². The van der Waals surface area contributed by atoms with Crippen molar-refractivity contribution in [3.05, 3.63) is 46.7 Å². The SMILES string of the molecule is Cc1c(Cl)cccc1NC(=O)c1ccn(C)n1. The molecule has 0 unspecified atom stereocenters. The molecule has 0 aliphatic carbocycles. The fourth-order valence-electron chi connectivity index (χ4n) is 1.47. The third-order valence-electron chi connectivity index (χ3n) is 2.46. The summed E-state index contributed by atoms with van der Waals surface area (Å²) >= 11 is 5.98. The van der Waals surface area contributed by atoms with Gasteiger partial charge in [0.15, 0.2) is 5.69 Å². The summed E-state index contributed by atoms with van der Waals surface area (Å²) < 4.78 is 1.58. The van der Waals surface area contributed by atoms with Gasteiger partial charge in [-0.25, -0.2) is 0 Å². The summed E-state index contributed by atoms with van der Waals surface area (Å²) in [6, 6.07) is 7.05. The standard InChI is InChI=1S/C12H12ClN3O/c1-8-9(13)4-3-5-10(8)14-12(17)11-6-7-16(2)15-11/h3-7H,1-2H3,(H,14,17). The molecular formula is C12H12ClN3O. The van der Waals surface area contributed by atoms with Crippen LogP contribution in [-0.4, -0.2) is 15.7 Å². The van der Waals surface area contributed by atoms with Crippen molar-refractivity contribution >= 4 is 23.2 Å². The number of hydrogen-bond acceptors (Lipinski definition) is 2. The van der Waals surface area contributed by atoms with E-state index in [4.69, 9.17) is 11.6 Å². The van der Waals surface area contributed by atoms with Gasteiger partial charge in [0.1, 0.15) is 0 Å². The average Bonchev–Trinajstić information content (AvgIpc) is 2.72. The lowest BCUT2D eigenvalue weighted by Gasteiger charge is -2.07. The van der Waals surface area contributed by atoms with Crippen LogP contribution >= 0.6 is 11.6 Å². The first kappa shape index (κ1) is 11.7. The molecule has 1 aromatic carbocycles. The third-order valence-corrected chi connectivity index (χ3v) is 2.87. The van der Waals surface area contributed by atoms with E-state index in [9.17, 15) is 4.79 Å². The van der Waals surface area contributed by atoms with Gasteiger partial charge in [-0.05, 0) is 30.7 Å². The molecule has 1 N–H and O–H groups in total. The van der Waals surface area contributed by atoms with Crippen LogP contribution in [0.15, 0.2) is 30.5 Å². The Labute approximate surface area is 104 Å². The number of carbonyl (C=O) groups excluding carboxylic acids is 1. The topological polar surface area (TPSA) is 46.9 Å². The highest BCUT2D eigenvalue weighted by Gasteiger charge is 2.11. The molecule has 1 heterocycles. The minimum absolute atomic E-state index is 0.240. The Balaban J connectivity index is 2.21. The molecule has 2 aromatic rings. The van der Waals surface area contributed by atoms with E-state index in [2.05, 4.69) is 10.4 Å². The number of hydrogen-bond donors (Lipinski definition) is 1. The number of rotatable bonds is 2. The minimum atomic E-state index is -0.240. The molecule has 0 fully saturated rings. The molecule has 0 aliphatic heterocycles. The lowest BCUT2D eigenvalue weighted by Crippen LogP contribution is -2.13. The maximum atomic E-state index is 11.9. The predicted molar refractivity (Wildman–Crippen MR) is 67.4 cm³/mol. The van der Waals surface area contributed by atoms with Crippen molar-refractivity contribution in [3.63, 3.8) is 0 Å². The first-order valence-corrected chi connectivity index (χ1v) is 5.52. The molecule has 0 saturated heterocycles. The molecule has 1 amide bonds. The van der Waals surface area contributed by atoms with Gasteiger partial charge in [-0.15, -0.1) is 0 Å². The van der Waals surface area contributed by atoms with Gasteiger partial charge in [-0.1, -0.05) is 17.7 Å². The second-order valence-corrected chi connectivity index (χ2v) is 4.15. The highest BCUT2D eigenvalue weighted by atomic mass is 35.5. The molecule has 2 rings (SSSR count). The number of amides is 1. The number of benzene rings is 1. The number of nitrogens with zero attached hydrogens (tertiary/aromatic N) is 2. The van der Waals surface area contributed by atoms with E-state index in [0.717, 1.165) is 5.56 Å². The molecule has 17 heavy (non-hydrogen) atoms. The summed E-state index contributed by atoms with van der Waals surface area (Å²) in [5.74, 6) is -0.240. The Morgan fingerprint density at radius 2 is 2.18 bits per heavy atom. The smallest absolute Gasteiger partial charge is 0.276 e. The zero-order valence-corrected chi connectivity index (χ0v) is 10.3. The Bertz CT molecular complexity index is 563. The van der Waals surface area contributed by atoms with Crippen LogP contribution in [0.4, 0.5) is 5.69 Å². The summed E-state index contributed by atoms with van der Waals surface area (Å²) in [4.78, 5) is 11.9. The van der Waals surface area contributed by atoms with E-state index in [1.54, 1.807) is 36.1 Å². The van der Waals surface area contributed by atoms with Crippen molar-refractivity contribution in [2.24, 2.45) is 7.05 Å². The first-order valence-electron chi connectivity index (χ1n) is 5.14. The summed E-state index contributed by atoms with van der Waals surface area (Å²) in [5, 5.41) is 7.44. The predicted octanol–water partition coefficient (Wildman–Crippen LogP) is 2.63. The van der Waals surface area contributed by atoms with Crippen molar-refractivity contribution in [1.82, 2.24) is 9.78 Å². The number of aromatic nitrogens is 2. The van der Waals surface area contributed by atoms with Gasteiger partial charge in [-0.3, -0.25) is 9.48 Å². The number of aryl methyl sites for hydroxylation is 1. The molecule has 0 bridgehead atoms. The third kappa shape index (κ3) is 2.47. The Morgan fingerprint density at radius 1 is 1.41 bits per heavy atom. The number of anilines is 1. The van der Waals surface area contributed by atoms with Crippen LogP contribution in [0.5, 0.6) is 0 Å². The minimum Gasteiger partial charge on any atom is -0.320 e. The highest BCUT2D eigenvalue weighted by Crippen LogP contribution is 2.23. The van der Waals surface area contributed by atoms with Crippen LogP contribution < -0.4 is 5.32 Å². The van der Waals surface area contributed by atoms with Gasteiger partial charge < -0.3 is 5.32 Å². The van der Waals surface area contributed by atoms with Gasteiger partial charge >= 0.3 is 0 Å². The normalized spacial score (nSPS) is 10.3. The van der Waals surface area contributed by atoms with Gasteiger partial charge in [-0.2, -0.15) is 5.10 Å². The van der Waals surface area contributed by atoms with Gasteiger partial charge in [0.05, 0.1) is 0 Å². The van der Waals surface area contributed by atoms with E-state index in [0.29, 0.717) is 16.4 Å². The van der Waals surface area contributed by atoms with E-state index < -0.39 is 0 Å². The Hall–Kier alpha value is -1.81. The molecule has 0 atom stereocenters. The van der Waals surface area contributed by atoms with Crippen LogP contribution in [0.25, 0.3) is 0 Å². The summed E-state index contributed by atoms with van der Waals surface area (Å²) in [5.41, 5.74) is 1.93. The molecule has 0 radical (unpaired) electrons. The van der Waals surface area contributed by atoms with Gasteiger partial charge in [0.2, 0.25) is 0 Å². The lowest BCUT2D eigenvalue weighted by molar-refractivity contribution is 0.102. The van der Waals surface area contributed by atoms with E-state index >= 15 is 0 Å². The van der Waals surface area contributed by atoms with Crippen LogP contribution in [0.3, 0.4) is 0 Å². The second kappa shape index (κ2) is 4.59. The summed E-state index contributed by atoms with van der Waals surface area (Å²) in [7, 11) is 1.77. The number of halogens is 1. The molecular weight excluding hydrogens is 238 g/mol. The van der Waals surface area contributed by atoms with Crippen molar-refractivity contribution < 1.29 is 4.79 Å². The van der Waals surface area contributed by atoms with Crippen LogP contribution in [0.1, 0.15) is 16.1 Å². The molecule has 5 heteroatoms. The maximum absolute atomic E-state index is 11.9. The van der Waals surface area contributed by atoms with Crippen LogP contribution in [0.2, 0.25) is 5.02 Å². The largest absolute Gasteiger partial charge is 0.320 e. The quantitative estimate of drug-likeness (QED) is 0.889. The number of nitrogens with one attached hydrogen (secondary N) is 1. The molecule has 1 aromatic heterocycles. The van der Waals surface area contributed by atoms with Crippen LogP contribution in [0, 0.1) is 6.92 Å². The fourth-order valence-corrected chi connectivity index (χ4v) is 1.64. The molecule has 4 nitrogen and oxygen atoms in total. The fraction of sp³-hybridized carbons (Fsp3) is 0.167. The Morgan fingerprint density at radius 3 is 2.82 bits per heavy atom. The zero-order chi connectivity index (χ0) is 12.4. The molecule has 88 valence electrons. The maximum Gasteiger partial charge on any atom is 0.276 e. The lowest BCUT2D eigenvalue weighted by atomic mass is 10.2. The van der Waals surface area contributed by atoms with E-state index in [1.165, 1.54) is 0 Å². The van der Waals surface area contributed by atoms with Crippen LogP contribution in [-0.2, 0) is 7.05 Å². The van der Waals surface area contributed by atoms with Crippen molar-refractivity contribution in [2.75, 3.05) is 5.32 Å². The summed E-state index contributed by atoms with van der Waals surface area (Å²) in [6.45, 7) is 1.86. The first-order chi connectivity index (χ1) is 8.08. The van der Waals surface area contributed by atoms with Crippen molar-refractivity contribution in [2.45, 2.75) is 6.92 Å². The number of carbonyl (C=O) groups is 1. The molecule has 0 saturated carbocycles. The zero-order valence-electron chi connectivity index (χ0n) is 9.57. The summed E-state index contributed by atoms with van der Waals surface area (Å²) in [6.07, 6.45) is 1.72. The van der Waals surface area contributed by atoms with Crippen molar-refractivity contribution in [3.8, 4) is 0 Å². The molecule has 0 spiro atoms. The highest BCUT2D eigenvalue weighted by molar-refractivity contribution is 6.31. The molecule has 0 aliphatic rings. The Kier molecular flexibility index (Phi) is 3.15. The van der Waals surface area contributed by atoms with Gasteiger partial charge in [0.25, 0.3) is 5.91 Å². The van der Waals surface area contributed by atoms with E-state index in [1.807, 2.05) is 13.0 Å². The average molecular weight is 250 g/mol. The van der Waals surface area contributed by atoms with Gasteiger partial charge in [0, 0.05) is 24.0 Å². The second-order valence-electron chi connectivity index (χ2n) is 3.74. The monoisotopic (exact) mass is 249 g/mol. The van der Waals surface area contributed by atoms with Crippen molar-refractivity contribution in [1.29, 1.82) is 0 Å².